The largest absolute Gasteiger partial charge is 0.295 e. The van der Waals surface area contributed by atoms with Crippen LogP contribution in [-0.2, 0) is 6.54 Å². The molecule has 0 aliphatic carbocycles. The fourth-order valence-corrected chi connectivity index (χ4v) is 4.09. The lowest BCUT2D eigenvalue weighted by Gasteiger charge is -2.47. The molecule has 1 rings (SSSR count). The highest BCUT2D eigenvalue weighted by atomic mass is 127. The lowest BCUT2D eigenvalue weighted by atomic mass is 10.1. The van der Waals surface area contributed by atoms with E-state index in [2.05, 4.69) is 86.5 Å². The molecule has 2 heteroatoms. The van der Waals surface area contributed by atoms with Crippen molar-refractivity contribution in [3.05, 3.63) is 35.9 Å². The Morgan fingerprint density at radius 3 is 2.00 bits per heavy atom. The summed E-state index contributed by atoms with van der Waals surface area (Å²) < 4.78 is 1.13. The molecule has 1 atom stereocenters. The van der Waals surface area contributed by atoms with Gasteiger partial charge in [-0.25, -0.2) is 0 Å². The van der Waals surface area contributed by atoms with Crippen LogP contribution in [0.3, 0.4) is 0 Å². The number of benzene rings is 1. The van der Waals surface area contributed by atoms with Crippen LogP contribution < -0.4 is 0 Å². The molecule has 98 valence electrons. The van der Waals surface area contributed by atoms with Crippen LogP contribution >= 0.6 is 22.6 Å². The van der Waals surface area contributed by atoms with Crippen molar-refractivity contribution in [3.63, 3.8) is 0 Å². The van der Waals surface area contributed by atoms with E-state index in [4.69, 9.17) is 6.42 Å². The van der Waals surface area contributed by atoms with Gasteiger partial charge in [-0.1, -0.05) is 30.3 Å². The summed E-state index contributed by atoms with van der Waals surface area (Å²) in [5.41, 5.74) is 1.36. The molecule has 0 spiro atoms. The standard InChI is InChI=1S/C16H23IN/c1-6-16(17)18(13(2)3,14(4)5)12-15-10-8-7-9-11-15/h1,7-11,13-14,16H,12H2,2-5H3/q+1. The number of alkyl halides is 1. The molecule has 0 aliphatic rings. The molecule has 0 radical (unpaired) electrons. The average molecular weight is 356 g/mol. The van der Waals surface area contributed by atoms with Crippen molar-refractivity contribution >= 4 is 22.6 Å². The van der Waals surface area contributed by atoms with Crippen molar-refractivity contribution in [2.45, 2.75) is 50.4 Å². The minimum atomic E-state index is 0.197. The number of nitrogens with zero attached hydrogens (tertiary/aromatic N) is 1. The van der Waals surface area contributed by atoms with Crippen molar-refractivity contribution in [3.8, 4) is 12.3 Å². The third-order valence-corrected chi connectivity index (χ3v) is 5.18. The molecule has 0 aliphatic heterocycles. The molecule has 0 bridgehead atoms. The Morgan fingerprint density at radius 2 is 1.61 bits per heavy atom. The smallest absolute Gasteiger partial charge is 0.201 e. The predicted molar refractivity (Wildman–Crippen MR) is 87.3 cm³/mol. The second kappa shape index (κ2) is 6.58. The molecule has 1 aromatic rings. The van der Waals surface area contributed by atoms with Gasteiger partial charge in [0.1, 0.15) is 6.54 Å². The van der Waals surface area contributed by atoms with Crippen molar-refractivity contribution in [1.82, 2.24) is 0 Å². The van der Waals surface area contributed by atoms with Crippen LogP contribution in [0.25, 0.3) is 0 Å². The summed E-state index contributed by atoms with van der Waals surface area (Å²) in [6.07, 6.45) is 5.71. The van der Waals surface area contributed by atoms with E-state index in [1.54, 1.807) is 0 Å². The molecule has 0 heterocycles. The van der Waals surface area contributed by atoms with Crippen LogP contribution in [-0.4, -0.2) is 20.6 Å². The van der Waals surface area contributed by atoms with Gasteiger partial charge in [-0.15, -0.1) is 6.42 Å². The van der Waals surface area contributed by atoms with Crippen molar-refractivity contribution in [1.29, 1.82) is 0 Å². The van der Waals surface area contributed by atoms with Crippen molar-refractivity contribution in [2.75, 3.05) is 0 Å². The topological polar surface area (TPSA) is 0 Å². The maximum Gasteiger partial charge on any atom is 0.201 e. The highest BCUT2D eigenvalue weighted by Gasteiger charge is 2.40. The van der Waals surface area contributed by atoms with E-state index in [1.165, 1.54) is 5.56 Å². The van der Waals surface area contributed by atoms with E-state index in [0.717, 1.165) is 11.0 Å². The molecule has 1 unspecified atom stereocenters. The minimum Gasteiger partial charge on any atom is -0.295 e. The maximum absolute atomic E-state index is 5.71. The molecule has 0 N–H and O–H groups in total. The van der Waals surface area contributed by atoms with Crippen molar-refractivity contribution in [2.24, 2.45) is 0 Å². The molecule has 0 aromatic heterocycles. The van der Waals surface area contributed by atoms with Crippen LogP contribution in [0.2, 0.25) is 0 Å². The second-order valence-electron chi connectivity index (χ2n) is 5.33. The van der Waals surface area contributed by atoms with Gasteiger partial charge in [0, 0.05) is 28.2 Å². The first-order valence-corrected chi connectivity index (χ1v) is 7.71. The predicted octanol–water partition coefficient (Wildman–Crippen LogP) is 4.21. The van der Waals surface area contributed by atoms with Gasteiger partial charge in [-0.3, -0.25) is 4.48 Å². The Morgan fingerprint density at radius 1 is 1.11 bits per heavy atom. The van der Waals surface area contributed by atoms with Gasteiger partial charge in [0.25, 0.3) is 0 Å². The van der Waals surface area contributed by atoms with Gasteiger partial charge in [0.2, 0.25) is 4.05 Å². The van der Waals surface area contributed by atoms with E-state index in [9.17, 15) is 0 Å². The maximum atomic E-state index is 5.71. The summed E-state index contributed by atoms with van der Waals surface area (Å²) in [4.78, 5) is 0. The van der Waals surface area contributed by atoms with Gasteiger partial charge >= 0.3 is 0 Å². The summed E-state index contributed by atoms with van der Waals surface area (Å²) in [6.45, 7) is 10.1. The first-order valence-electron chi connectivity index (χ1n) is 6.46. The van der Waals surface area contributed by atoms with E-state index in [1.807, 2.05) is 0 Å². The van der Waals surface area contributed by atoms with Crippen LogP contribution in [0.5, 0.6) is 0 Å². The number of rotatable bonds is 5. The highest BCUT2D eigenvalue weighted by Crippen LogP contribution is 2.31. The SMILES string of the molecule is C#CC(I)[N+](Cc1ccccc1)(C(C)C)C(C)C. The summed E-state index contributed by atoms with van der Waals surface area (Å²) >= 11 is 2.41. The zero-order valence-electron chi connectivity index (χ0n) is 11.7. The van der Waals surface area contributed by atoms with Gasteiger partial charge in [0.15, 0.2) is 0 Å². The fourth-order valence-electron chi connectivity index (χ4n) is 2.60. The lowest BCUT2D eigenvalue weighted by Crippen LogP contribution is -2.60. The normalized spacial score (nSPS) is 13.7. The fraction of sp³-hybridized carbons (Fsp3) is 0.500. The van der Waals surface area contributed by atoms with Crippen molar-refractivity contribution < 1.29 is 4.48 Å². The third kappa shape index (κ3) is 3.07. The van der Waals surface area contributed by atoms with Crippen LogP contribution in [0.15, 0.2) is 30.3 Å². The molecule has 0 saturated heterocycles. The summed E-state index contributed by atoms with van der Waals surface area (Å²) in [6, 6.07) is 11.7. The average Bonchev–Trinajstić information content (AvgIpc) is 2.35. The second-order valence-corrected chi connectivity index (χ2v) is 6.51. The van der Waals surface area contributed by atoms with E-state index < -0.39 is 0 Å². The van der Waals surface area contributed by atoms with Gasteiger partial charge < -0.3 is 0 Å². The molecule has 0 saturated carbocycles. The molecular formula is C16H23IN+. The first kappa shape index (κ1) is 15.5. The zero-order valence-corrected chi connectivity index (χ0v) is 13.9. The van der Waals surface area contributed by atoms with Crippen LogP contribution in [0.4, 0.5) is 0 Å². The molecule has 1 aromatic carbocycles. The monoisotopic (exact) mass is 356 g/mol. The summed E-state index contributed by atoms with van der Waals surface area (Å²) in [5, 5.41) is 0. The summed E-state index contributed by atoms with van der Waals surface area (Å²) in [5.74, 6) is 2.95. The van der Waals surface area contributed by atoms with Gasteiger partial charge in [-0.05, 0) is 33.6 Å². The molecule has 0 amide bonds. The molecule has 1 nitrogen and oxygen atoms in total. The lowest BCUT2D eigenvalue weighted by molar-refractivity contribution is -0.978. The molecule has 0 fully saturated rings. The first-order chi connectivity index (χ1) is 8.45. The number of hydrogen-bond acceptors (Lipinski definition) is 0. The Balaban J connectivity index is 3.16. The Kier molecular flexibility index (Phi) is 5.68. The van der Waals surface area contributed by atoms with E-state index in [0.29, 0.717) is 12.1 Å². The minimum absolute atomic E-state index is 0.197. The molecule has 18 heavy (non-hydrogen) atoms. The number of terminal acetylenes is 1. The highest BCUT2D eigenvalue weighted by molar-refractivity contribution is 14.1. The Labute approximate surface area is 125 Å². The Hall–Kier alpha value is -0.530. The number of hydrogen-bond donors (Lipinski definition) is 0. The molecular weight excluding hydrogens is 333 g/mol. The number of quaternary nitrogens is 1. The van der Waals surface area contributed by atoms with E-state index in [-0.39, 0.29) is 4.05 Å². The van der Waals surface area contributed by atoms with Gasteiger partial charge in [-0.2, -0.15) is 0 Å². The third-order valence-electron chi connectivity index (χ3n) is 3.78. The summed E-state index contributed by atoms with van der Waals surface area (Å²) in [7, 11) is 0. The van der Waals surface area contributed by atoms with Crippen LogP contribution in [0, 0.1) is 12.3 Å². The van der Waals surface area contributed by atoms with Crippen LogP contribution in [0.1, 0.15) is 33.3 Å². The van der Waals surface area contributed by atoms with Gasteiger partial charge in [0.05, 0.1) is 12.1 Å². The van der Waals surface area contributed by atoms with E-state index >= 15 is 0 Å². The quantitative estimate of drug-likeness (QED) is 0.244. The Bertz CT molecular complexity index is 395. The zero-order chi connectivity index (χ0) is 13.8. The number of halogens is 1.